The molecule has 0 spiro atoms. The van der Waals surface area contributed by atoms with Gasteiger partial charge in [0.2, 0.25) is 11.8 Å². The lowest BCUT2D eigenvalue weighted by Crippen LogP contribution is -2.45. The number of carbonyl (C=O) groups is 2. The molecule has 2 heterocycles. The van der Waals surface area contributed by atoms with Gasteiger partial charge in [-0.1, -0.05) is 19.1 Å². The molecule has 2 aliphatic heterocycles. The Morgan fingerprint density at radius 1 is 1.23 bits per heavy atom. The number of hydrogen-bond donors (Lipinski definition) is 1. The molecule has 2 N–H and O–H groups in total. The van der Waals surface area contributed by atoms with E-state index in [1.165, 1.54) is 5.56 Å². The van der Waals surface area contributed by atoms with Crippen LogP contribution in [0.25, 0.3) is 0 Å². The maximum absolute atomic E-state index is 12.8. The number of halogens is 1. The first kappa shape index (κ1) is 20.7. The second kappa shape index (κ2) is 8.87. The smallest absolute Gasteiger partial charge is 0.228 e. The number of piperidine rings is 1. The van der Waals surface area contributed by atoms with Gasteiger partial charge in [0.05, 0.1) is 5.92 Å². The van der Waals surface area contributed by atoms with Crippen molar-refractivity contribution in [3.8, 4) is 0 Å². The summed E-state index contributed by atoms with van der Waals surface area (Å²) in [6.45, 7) is 6.18. The molecule has 2 aliphatic rings. The van der Waals surface area contributed by atoms with Crippen LogP contribution in [0.4, 0.5) is 5.69 Å². The number of anilines is 1. The zero-order chi connectivity index (χ0) is 18.0. The van der Waals surface area contributed by atoms with E-state index in [2.05, 4.69) is 19.1 Å². The van der Waals surface area contributed by atoms with Gasteiger partial charge < -0.3 is 15.5 Å². The van der Waals surface area contributed by atoms with Crippen molar-refractivity contribution >= 4 is 29.9 Å². The first-order valence-electron chi connectivity index (χ1n) is 9.43. The molecule has 1 aromatic carbocycles. The van der Waals surface area contributed by atoms with Gasteiger partial charge in [0.15, 0.2) is 0 Å². The van der Waals surface area contributed by atoms with E-state index < -0.39 is 0 Å². The molecule has 1 aromatic rings. The Kier molecular flexibility index (Phi) is 7.07. The van der Waals surface area contributed by atoms with Crippen LogP contribution in [0.3, 0.4) is 0 Å². The van der Waals surface area contributed by atoms with Crippen LogP contribution < -0.4 is 10.6 Å². The van der Waals surface area contributed by atoms with E-state index in [1.54, 1.807) is 4.90 Å². The summed E-state index contributed by atoms with van der Waals surface area (Å²) in [5.41, 5.74) is 8.12. The summed E-state index contributed by atoms with van der Waals surface area (Å²) in [4.78, 5) is 28.9. The summed E-state index contributed by atoms with van der Waals surface area (Å²) >= 11 is 0. The van der Waals surface area contributed by atoms with E-state index in [9.17, 15) is 9.59 Å². The van der Waals surface area contributed by atoms with E-state index >= 15 is 0 Å². The third kappa shape index (κ3) is 4.38. The van der Waals surface area contributed by atoms with Crippen molar-refractivity contribution in [2.45, 2.75) is 45.6 Å². The quantitative estimate of drug-likeness (QED) is 0.874. The first-order chi connectivity index (χ1) is 12.0. The minimum Gasteiger partial charge on any atom is -0.342 e. The molecule has 5 nitrogen and oxygen atoms in total. The molecular formula is C20H30ClN3O2. The summed E-state index contributed by atoms with van der Waals surface area (Å²) in [6, 6.07) is 8.26. The Labute approximate surface area is 162 Å². The fourth-order valence-corrected chi connectivity index (χ4v) is 3.94. The van der Waals surface area contributed by atoms with Crippen LogP contribution in [-0.2, 0) is 16.0 Å². The lowest BCUT2D eigenvalue weighted by Gasteiger charge is -2.35. The highest BCUT2D eigenvalue weighted by atomic mass is 35.5. The van der Waals surface area contributed by atoms with Crippen LogP contribution in [0.2, 0.25) is 0 Å². The molecule has 2 unspecified atom stereocenters. The minimum absolute atomic E-state index is 0. The number of rotatable bonds is 4. The van der Waals surface area contributed by atoms with E-state index in [1.807, 2.05) is 24.0 Å². The minimum atomic E-state index is -0.217. The normalized spacial score (nSPS) is 22.3. The van der Waals surface area contributed by atoms with E-state index in [0.717, 1.165) is 38.0 Å². The molecule has 3 rings (SSSR count). The number of carbonyl (C=O) groups excluding carboxylic acids is 2. The number of benzene rings is 1. The number of likely N-dealkylation sites (tertiary alicyclic amines) is 1. The topological polar surface area (TPSA) is 66.6 Å². The van der Waals surface area contributed by atoms with Crippen LogP contribution in [-0.4, -0.2) is 42.4 Å². The lowest BCUT2D eigenvalue weighted by atomic mass is 9.90. The first-order valence-corrected chi connectivity index (χ1v) is 9.43. The third-order valence-corrected chi connectivity index (χ3v) is 5.73. The molecule has 0 aromatic heterocycles. The zero-order valence-corrected chi connectivity index (χ0v) is 16.5. The van der Waals surface area contributed by atoms with Gasteiger partial charge in [-0.05, 0) is 49.8 Å². The maximum Gasteiger partial charge on any atom is 0.228 e. The van der Waals surface area contributed by atoms with Gasteiger partial charge in [0.1, 0.15) is 0 Å². The molecule has 0 aliphatic carbocycles. The van der Waals surface area contributed by atoms with Crippen molar-refractivity contribution < 1.29 is 9.59 Å². The Hall–Kier alpha value is -1.59. The van der Waals surface area contributed by atoms with Gasteiger partial charge in [0.25, 0.3) is 0 Å². The molecule has 0 radical (unpaired) electrons. The largest absolute Gasteiger partial charge is 0.342 e. The maximum atomic E-state index is 12.8. The number of nitrogens with zero attached hydrogens (tertiary/aromatic N) is 2. The summed E-state index contributed by atoms with van der Waals surface area (Å²) in [5, 5.41) is 0. The molecule has 2 atom stereocenters. The third-order valence-electron chi connectivity index (χ3n) is 5.73. The molecule has 6 heteroatoms. The number of hydrogen-bond acceptors (Lipinski definition) is 3. The number of nitrogens with two attached hydrogens (primary N) is 1. The Morgan fingerprint density at radius 3 is 2.38 bits per heavy atom. The van der Waals surface area contributed by atoms with Gasteiger partial charge >= 0.3 is 0 Å². The van der Waals surface area contributed by atoms with Gasteiger partial charge in [0, 0.05) is 37.8 Å². The standard InChI is InChI=1S/C20H29N3O2.ClH/c1-3-15-4-6-18(7-5-15)23-13-17(12-19(23)24)20(25)22-10-8-16(9-11-22)14(2)21;/h4-7,14,16-17H,3,8-13,21H2,1-2H3;1H. The Bertz CT molecular complexity index is 624. The SMILES string of the molecule is CCc1ccc(N2CC(C(=O)N3CCC(C(C)N)CC3)CC2=O)cc1.Cl. The van der Waals surface area contributed by atoms with Crippen molar-refractivity contribution in [1.82, 2.24) is 4.90 Å². The van der Waals surface area contributed by atoms with Gasteiger partial charge in [-0.25, -0.2) is 0 Å². The van der Waals surface area contributed by atoms with Crippen molar-refractivity contribution in [2.75, 3.05) is 24.5 Å². The van der Waals surface area contributed by atoms with Gasteiger partial charge in [-0.15, -0.1) is 12.4 Å². The zero-order valence-electron chi connectivity index (χ0n) is 15.7. The second-order valence-electron chi connectivity index (χ2n) is 7.45. The van der Waals surface area contributed by atoms with Crippen LogP contribution in [0.5, 0.6) is 0 Å². The van der Waals surface area contributed by atoms with E-state index in [-0.39, 0.29) is 36.2 Å². The average molecular weight is 380 g/mol. The monoisotopic (exact) mass is 379 g/mol. The molecule has 0 saturated carbocycles. The second-order valence-corrected chi connectivity index (χ2v) is 7.45. The Balaban J connectivity index is 0.00000243. The molecule has 144 valence electrons. The average Bonchev–Trinajstić information content (AvgIpc) is 3.03. The highest BCUT2D eigenvalue weighted by Crippen LogP contribution is 2.28. The number of amides is 2. The fraction of sp³-hybridized carbons (Fsp3) is 0.600. The van der Waals surface area contributed by atoms with Crippen LogP contribution in [0, 0.1) is 11.8 Å². The molecule has 2 saturated heterocycles. The summed E-state index contributed by atoms with van der Waals surface area (Å²) < 4.78 is 0. The van der Waals surface area contributed by atoms with Crippen molar-refractivity contribution in [3.63, 3.8) is 0 Å². The number of aryl methyl sites for hydroxylation is 1. The molecular weight excluding hydrogens is 350 g/mol. The van der Waals surface area contributed by atoms with Crippen molar-refractivity contribution in [2.24, 2.45) is 17.6 Å². The fourth-order valence-electron chi connectivity index (χ4n) is 3.94. The van der Waals surface area contributed by atoms with Crippen LogP contribution >= 0.6 is 12.4 Å². The van der Waals surface area contributed by atoms with Crippen LogP contribution in [0.15, 0.2) is 24.3 Å². The van der Waals surface area contributed by atoms with E-state index in [0.29, 0.717) is 18.9 Å². The van der Waals surface area contributed by atoms with Gasteiger partial charge in [-0.2, -0.15) is 0 Å². The van der Waals surface area contributed by atoms with Gasteiger partial charge in [-0.3, -0.25) is 9.59 Å². The van der Waals surface area contributed by atoms with Crippen molar-refractivity contribution in [1.29, 1.82) is 0 Å². The molecule has 2 amide bonds. The summed E-state index contributed by atoms with van der Waals surface area (Å²) in [5.74, 6) is 0.463. The lowest BCUT2D eigenvalue weighted by molar-refractivity contribution is -0.137. The van der Waals surface area contributed by atoms with E-state index in [4.69, 9.17) is 5.73 Å². The predicted molar refractivity (Wildman–Crippen MR) is 106 cm³/mol. The molecule has 2 fully saturated rings. The summed E-state index contributed by atoms with van der Waals surface area (Å²) in [7, 11) is 0. The highest BCUT2D eigenvalue weighted by Gasteiger charge is 2.38. The van der Waals surface area contributed by atoms with Crippen molar-refractivity contribution in [3.05, 3.63) is 29.8 Å². The van der Waals surface area contributed by atoms with Crippen LogP contribution in [0.1, 0.15) is 38.7 Å². The Morgan fingerprint density at radius 2 is 1.85 bits per heavy atom. The highest BCUT2D eigenvalue weighted by molar-refractivity contribution is 6.00. The molecule has 26 heavy (non-hydrogen) atoms. The molecule has 0 bridgehead atoms. The predicted octanol–water partition coefficient (Wildman–Crippen LogP) is 2.61. The summed E-state index contributed by atoms with van der Waals surface area (Å²) in [6.07, 6.45) is 3.23.